The molecule has 0 bridgehead atoms. The van der Waals surface area contributed by atoms with Crippen LogP contribution in [0.25, 0.3) is 0 Å². The van der Waals surface area contributed by atoms with E-state index in [1.807, 2.05) is 21.6 Å². The monoisotopic (exact) mass is 356 g/mol. The van der Waals surface area contributed by atoms with E-state index < -0.39 is 0 Å². The van der Waals surface area contributed by atoms with Gasteiger partial charge >= 0.3 is 0 Å². The lowest BCUT2D eigenvalue weighted by Crippen LogP contribution is -2.57. The van der Waals surface area contributed by atoms with E-state index in [-0.39, 0.29) is 35.8 Å². The fraction of sp³-hybridized carbons (Fsp3) is 0.875. The summed E-state index contributed by atoms with van der Waals surface area (Å²) in [5.74, 6) is 1.07. The van der Waals surface area contributed by atoms with E-state index in [9.17, 15) is 9.59 Å². The van der Waals surface area contributed by atoms with Gasteiger partial charge in [0.1, 0.15) is 0 Å². The Morgan fingerprint density at radius 3 is 2.42 bits per heavy atom. The Hall–Kier alpha value is -0.830. The van der Waals surface area contributed by atoms with Gasteiger partial charge in [-0.05, 0) is 19.9 Å². The quantitative estimate of drug-likeness (QED) is 0.687. The van der Waals surface area contributed by atoms with Gasteiger partial charge in [0.2, 0.25) is 11.8 Å². The van der Waals surface area contributed by atoms with Crippen LogP contribution in [0, 0.1) is 0 Å². The third-order valence-electron chi connectivity index (χ3n) is 5.33. The first kappa shape index (κ1) is 18.0. The van der Waals surface area contributed by atoms with Gasteiger partial charge in [-0.15, -0.1) is 11.8 Å². The highest BCUT2D eigenvalue weighted by atomic mass is 32.2. The van der Waals surface area contributed by atoms with Crippen LogP contribution in [0.5, 0.6) is 0 Å². The number of piperidine rings is 1. The van der Waals surface area contributed by atoms with Crippen LogP contribution in [0.2, 0.25) is 0 Å². The van der Waals surface area contributed by atoms with Crippen LogP contribution in [0.3, 0.4) is 0 Å². The molecular formula is C16H28N4O3S. The molecule has 0 radical (unpaired) electrons. The van der Waals surface area contributed by atoms with Gasteiger partial charge in [-0.25, -0.2) is 0 Å². The van der Waals surface area contributed by atoms with E-state index in [1.54, 1.807) is 0 Å². The van der Waals surface area contributed by atoms with Gasteiger partial charge in [-0.2, -0.15) is 0 Å². The van der Waals surface area contributed by atoms with E-state index in [0.29, 0.717) is 13.1 Å². The number of nitrogens with one attached hydrogen (secondary N) is 1. The number of carbonyl (C=O) groups excluding carboxylic acids is 2. The molecular weight excluding hydrogens is 328 g/mol. The fourth-order valence-electron chi connectivity index (χ4n) is 3.68. The molecule has 0 unspecified atom stereocenters. The number of hydrogen-bond acceptors (Lipinski definition) is 6. The fourth-order valence-corrected chi connectivity index (χ4v) is 5.09. The van der Waals surface area contributed by atoms with Gasteiger partial charge < -0.3 is 19.8 Å². The summed E-state index contributed by atoms with van der Waals surface area (Å²) in [6.07, 6.45) is 1.93. The number of nitrogens with zero attached hydrogens (tertiary/aromatic N) is 3. The Bertz CT molecular complexity index is 474. The number of rotatable bonds is 3. The predicted octanol–water partition coefficient (Wildman–Crippen LogP) is -0.833. The number of aliphatic hydroxyl groups is 1. The minimum atomic E-state index is -0.0990. The molecule has 1 spiro atoms. The Labute approximate surface area is 147 Å². The number of hydrogen-bond donors (Lipinski definition) is 2. The Morgan fingerprint density at radius 1 is 1.12 bits per heavy atom. The molecule has 7 nitrogen and oxygen atoms in total. The SMILES string of the molecule is CN1CCN(C(=O)[C@@H]2CSC3(CCN(C(=O)CCO)CC3)N2)CC1. The largest absolute Gasteiger partial charge is 0.396 e. The van der Waals surface area contributed by atoms with Gasteiger partial charge in [-0.3, -0.25) is 14.9 Å². The second-order valence-corrected chi connectivity index (χ2v) is 8.39. The summed E-state index contributed by atoms with van der Waals surface area (Å²) >= 11 is 1.84. The number of likely N-dealkylation sites (N-methyl/N-ethyl adjacent to an activating group) is 1. The molecule has 0 saturated carbocycles. The smallest absolute Gasteiger partial charge is 0.240 e. The van der Waals surface area contributed by atoms with Gasteiger partial charge in [0.15, 0.2) is 0 Å². The standard InChI is InChI=1S/C16H28N4O3S/c1-18-7-9-20(10-8-18)15(23)13-12-24-16(17-13)3-5-19(6-4-16)14(22)2-11-21/h13,17,21H,2-12H2,1H3/t13-/m0/s1. The van der Waals surface area contributed by atoms with Crippen molar-refractivity contribution >= 4 is 23.6 Å². The van der Waals surface area contributed by atoms with Crippen LogP contribution >= 0.6 is 11.8 Å². The summed E-state index contributed by atoms with van der Waals surface area (Å²) in [6, 6.07) is -0.0990. The van der Waals surface area contributed by atoms with Crippen molar-refractivity contribution in [2.45, 2.75) is 30.2 Å². The van der Waals surface area contributed by atoms with Crippen molar-refractivity contribution < 1.29 is 14.7 Å². The molecule has 3 aliphatic heterocycles. The summed E-state index contributed by atoms with van der Waals surface area (Å²) in [6.45, 7) is 4.83. The lowest BCUT2D eigenvalue weighted by Gasteiger charge is -2.39. The highest BCUT2D eigenvalue weighted by Crippen LogP contribution is 2.39. The molecule has 2 amide bonds. The Balaban J connectivity index is 1.50. The zero-order valence-electron chi connectivity index (χ0n) is 14.4. The maximum absolute atomic E-state index is 12.7. The summed E-state index contributed by atoms with van der Waals surface area (Å²) < 4.78 is 0. The molecule has 3 heterocycles. The van der Waals surface area contributed by atoms with Gasteiger partial charge in [0, 0.05) is 51.4 Å². The van der Waals surface area contributed by atoms with E-state index in [4.69, 9.17) is 5.11 Å². The van der Waals surface area contributed by atoms with Crippen molar-refractivity contribution in [1.29, 1.82) is 0 Å². The first-order valence-electron chi connectivity index (χ1n) is 8.81. The second-order valence-electron chi connectivity index (χ2n) is 6.99. The minimum Gasteiger partial charge on any atom is -0.396 e. The Morgan fingerprint density at radius 2 is 1.79 bits per heavy atom. The number of likely N-dealkylation sites (tertiary alicyclic amines) is 1. The Kier molecular flexibility index (Phi) is 5.69. The van der Waals surface area contributed by atoms with Crippen LogP contribution in [-0.4, -0.2) is 101 Å². The number of piperazine rings is 1. The van der Waals surface area contributed by atoms with E-state index >= 15 is 0 Å². The van der Waals surface area contributed by atoms with Crippen molar-refractivity contribution in [2.75, 3.05) is 58.7 Å². The number of aliphatic hydroxyl groups excluding tert-OH is 1. The topological polar surface area (TPSA) is 76.1 Å². The number of thioether (sulfide) groups is 1. The molecule has 2 N–H and O–H groups in total. The first-order chi connectivity index (χ1) is 11.5. The third-order valence-corrected chi connectivity index (χ3v) is 6.90. The van der Waals surface area contributed by atoms with E-state index in [0.717, 1.165) is 44.8 Å². The highest BCUT2D eigenvalue weighted by molar-refractivity contribution is 8.01. The van der Waals surface area contributed by atoms with Gasteiger partial charge in [-0.1, -0.05) is 0 Å². The van der Waals surface area contributed by atoms with Crippen LogP contribution < -0.4 is 5.32 Å². The lowest BCUT2D eigenvalue weighted by molar-refractivity contribution is -0.136. The second kappa shape index (κ2) is 7.59. The van der Waals surface area contributed by atoms with Crippen LogP contribution in [0.1, 0.15) is 19.3 Å². The van der Waals surface area contributed by atoms with Crippen molar-refractivity contribution in [3.63, 3.8) is 0 Å². The zero-order valence-corrected chi connectivity index (χ0v) is 15.2. The van der Waals surface area contributed by atoms with Gasteiger partial charge in [0.05, 0.1) is 17.5 Å². The normalized spacial score (nSPS) is 27.7. The molecule has 0 aromatic heterocycles. The molecule has 0 aromatic carbocycles. The minimum absolute atomic E-state index is 0.0282. The van der Waals surface area contributed by atoms with E-state index in [2.05, 4.69) is 17.3 Å². The van der Waals surface area contributed by atoms with E-state index in [1.165, 1.54) is 0 Å². The molecule has 136 valence electrons. The predicted molar refractivity (Wildman–Crippen MR) is 93.7 cm³/mol. The van der Waals surface area contributed by atoms with Crippen molar-refractivity contribution in [3.8, 4) is 0 Å². The van der Waals surface area contributed by atoms with Crippen molar-refractivity contribution in [3.05, 3.63) is 0 Å². The number of amides is 2. The summed E-state index contributed by atoms with van der Waals surface area (Å²) in [7, 11) is 2.09. The molecule has 24 heavy (non-hydrogen) atoms. The average molecular weight is 356 g/mol. The maximum atomic E-state index is 12.7. The summed E-state index contributed by atoms with van der Waals surface area (Å²) in [5.41, 5.74) is 0. The maximum Gasteiger partial charge on any atom is 0.240 e. The molecule has 8 heteroatoms. The number of carbonyl (C=O) groups is 2. The molecule has 3 rings (SSSR count). The first-order valence-corrected chi connectivity index (χ1v) is 9.79. The molecule has 0 aliphatic carbocycles. The average Bonchev–Trinajstić information content (AvgIpc) is 2.99. The van der Waals surface area contributed by atoms with Crippen molar-refractivity contribution in [2.24, 2.45) is 0 Å². The highest BCUT2D eigenvalue weighted by Gasteiger charge is 2.45. The van der Waals surface area contributed by atoms with Gasteiger partial charge in [0.25, 0.3) is 0 Å². The van der Waals surface area contributed by atoms with Crippen molar-refractivity contribution in [1.82, 2.24) is 20.0 Å². The molecule has 3 aliphatic rings. The molecule has 3 saturated heterocycles. The lowest BCUT2D eigenvalue weighted by atomic mass is 10.0. The van der Waals surface area contributed by atoms with Crippen LogP contribution in [0.4, 0.5) is 0 Å². The zero-order chi connectivity index (χ0) is 17.2. The third kappa shape index (κ3) is 3.87. The molecule has 3 fully saturated rings. The molecule has 0 aromatic rings. The summed E-state index contributed by atoms with van der Waals surface area (Å²) in [5, 5.41) is 12.5. The molecule has 1 atom stereocenters. The van der Waals surface area contributed by atoms with Crippen LogP contribution in [0.15, 0.2) is 0 Å². The van der Waals surface area contributed by atoms with Crippen LogP contribution in [-0.2, 0) is 9.59 Å². The summed E-state index contributed by atoms with van der Waals surface area (Å²) in [4.78, 5) is 30.6.